The summed E-state index contributed by atoms with van der Waals surface area (Å²) in [5.41, 5.74) is 0. The van der Waals surface area contributed by atoms with Crippen molar-refractivity contribution in [2.24, 2.45) is 0 Å². The number of rotatable bonds is 5. The van der Waals surface area contributed by atoms with Crippen LogP contribution >= 0.6 is 0 Å². The lowest BCUT2D eigenvalue weighted by Crippen LogP contribution is -2.58. The van der Waals surface area contributed by atoms with Gasteiger partial charge < -0.3 is 4.74 Å². The SMILES string of the molecule is CCC1NCC(=O)N(CCCOC)C1=O. The molecule has 1 N–H and O–H groups in total. The van der Waals surface area contributed by atoms with Crippen molar-refractivity contribution >= 4 is 11.8 Å². The molecule has 0 spiro atoms. The molecule has 0 saturated carbocycles. The van der Waals surface area contributed by atoms with E-state index >= 15 is 0 Å². The predicted molar refractivity (Wildman–Crippen MR) is 55.3 cm³/mol. The van der Waals surface area contributed by atoms with Crippen molar-refractivity contribution in [3.63, 3.8) is 0 Å². The summed E-state index contributed by atoms with van der Waals surface area (Å²) in [5, 5.41) is 2.92. The summed E-state index contributed by atoms with van der Waals surface area (Å²) in [6.45, 7) is 3.22. The molecule has 1 fully saturated rings. The van der Waals surface area contributed by atoms with Gasteiger partial charge in [-0.25, -0.2) is 0 Å². The highest BCUT2D eigenvalue weighted by Crippen LogP contribution is 2.06. The average molecular weight is 214 g/mol. The van der Waals surface area contributed by atoms with E-state index in [0.29, 0.717) is 26.0 Å². The molecule has 5 heteroatoms. The predicted octanol–water partition coefficient (Wildman–Crippen LogP) is -0.240. The summed E-state index contributed by atoms with van der Waals surface area (Å²) < 4.78 is 4.89. The minimum absolute atomic E-state index is 0.107. The van der Waals surface area contributed by atoms with Gasteiger partial charge in [0.05, 0.1) is 12.6 Å². The van der Waals surface area contributed by atoms with E-state index in [0.717, 1.165) is 0 Å². The topological polar surface area (TPSA) is 58.6 Å². The van der Waals surface area contributed by atoms with E-state index in [-0.39, 0.29) is 24.4 Å². The molecular weight excluding hydrogens is 196 g/mol. The zero-order valence-electron chi connectivity index (χ0n) is 9.28. The monoisotopic (exact) mass is 214 g/mol. The molecule has 0 aromatic carbocycles. The molecule has 0 radical (unpaired) electrons. The minimum atomic E-state index is -0.203. The van der Waals surface area contributed by atoms with E-state index in [1.807, 2.05) is 6.92 Å². The number of ether oxygens (including phenoxy) is 1. The molecule has 1 rings (SSSR count). The Morgan fingerprint density at radius 3 is 2.87 bits per heavy atom. The Morgan fingerprint density at radius 1 is 1.53 bits per heavy atom. The van der Waals surface area contributed by atoms with E-state index < -0.39 is 0 Å². The van der Waals surface area contributed by atoms with E-state index in [2.05, 4.69) is 5.32 Å². The van der Waals surface area contributed by atoms with Crippen LogP contribution in [-0.2, 0) is 14.3 Å². The molecule has 0 aliphatic carbocycles. The van der Waals surface area contributed by atoms with Crippen LogP contribution in [0.4, 0.5) is 0 Å². The molecule has 1 heterocycles. The molecule has 0 bridgehead atoms. The molecule has 2 amide bonds. The van der Waals surface area contributed by atoms with Crippen LogP contribution in [0.2, 0.25) is 0 Å². The molecule has 1 aliphatic rings. The maximum atomic E-state index is 11.8. The Morgan fingerprint density at radius 2 is 2.27 bits per heavy atom. The van der Waals surface area contributed by atoms with Crippen LogP contribution in [-0.4, -0.2) is 49.6 Å². The highest BCUT2D eigenvalue weighted by molar-refractivity contribution is 6.01. The van der Waals surface area contributed by atoms with Crippen molar-refractivity contribution < 1.29 is 14.3 Å². The van der Waals surface area contributed by atoms with Gasteiger partial charge in [0.15, 0.2) is 0 Å². The second kappa shape index (κ2) is 5.82. The summed E-state index contributed by atoms with van der Waals surface area (Å²) in [6, 6.07) is -0.203. The Kier molecular flexibility index (Phi) is 4.71. The van der Waals surface area contributed by atoms with Gasteiger partial charge in [0.25, 0.3) is 0 Å². The van der Waals surface area contributed by atoms with Gasteiger partial charge in [-0.2, -0.15) is 0 Å². The first kappa shape index (κ1) is 12.1. The maximum absolute atomic E-state index is 11.8. The number of methoxy groups -OCH3 is 1. The highest BCUT2D eigenvalue weighted by atomic mass is 16.5. The number of nitrogens with one attached hydrogen (secondary N) is 1. The van der Waals surface area contributed by atoms with Gasteiger partial charge >= 0.3 is 0 Å². The smallest absolute Gasteiger partial charge is 0.246 e. The maximum Gasteiger partial charge on any atom is 0.246 e. The van der Waals surface area contributed by atoms with E-state index in [1.165, 1.54) is 4.90 Å². The van der Waals surface area contributed by atoms with E-state index in [9.17, 15) is 9.59 Å². The fraction of sp³-hybridized carbons (Fsp3) is 0.800. The lowest BCUT2D eigenvalue weighted by atomic mass is 10.1. The Bertz CT molecular complexity index is 243. The highest BCUT2D eigenvalue weighted by Gasteiger charge is 2.31. The van der Waals surface area contributed by atoms with Crippen molar-refractivity contribution in [3.8, 4) is 0 Å². The quantitative estimate of drug-likeness (QED) is 0.507. The lowest BCUT2D eigenvalue weighted by Gasteiger charge is -2.30. The van der Waals surface area contributed by atoms with Gasteiger partial charge in [0, 0.05) is 20.3 Å². The first-order chi connectivity index (χ1) is 7.20. The minimum Gasteiger partial charge on any atom is -0.385 e. The third-order valence-corrected chi connectivity index (χ3v) is 2.50. The van der Waals surface area contributed by atoms with Crippen LogP contribution in [0.15, 0.2) is 0 Å². The standard InChI is InChI=1S/C10H18N2O3/c1-3-8-10(14)12(5-4-6-15-2)9(13)7-11-8/h8,11H,3-7H2,1-2H3. The first-order valence-corrected chi connectivity index (χ1v) is 5.27. The zero-order chi connectivity index (χ0) is 11.3. The van der Waals surface area contributed by atoms with Crippen LogP contribution < -0.4 is 5.32 Å². The van der Waals surface area contributed by atoms with Crippen LogP contribution in [0.3, 0.4) is 0 Å². The van der Waals surface area contributed by atoms with Crippen molar-refractivity contribution in [1.29, 1.82) is 0 Å². The van der Waals surface area contributed by atoms with Crippen molar-refractivity contribution in [3.05, 3.63) is 0 Å². The first-order valence-electron chi connectivity index (χ1n) is 5.27. The van der Waals surface area contributed by atoms with Crippen LogP contribution in [0.1, 0.15) is 19.8 Å². The van der Waals surface area contributed by atoms with Crippen LogP contribution in [0.5, 0.6) is 0 Å². The lowest BCUT2D eigenvalue weighted by molar-refractivity contribution is -0.149. The fourth-order valence-electron chi connectivity index (χ4n) is 1.63. The molecule has 5 nitrogen and oxygen atoms in total. The van der Waals surface area contributed by atoms with E-state index in [1.54, 1.807) is 7.11 Å². The van der Waals surface area contributed by atoms with Gasteiger partial charge in [-0.3, -0.25) is 19.8 Å². The molecule has 1 saturated heterocycles. The molecule has 1 aliphatic heterocycles. The van der Waals surface area contributed by atoms with E-state index in [4.69, 9.17) is 4.74 Å². The zero-order valence-corrected chi connectivity index (χ0v) is 9.28. The summed E-state index contributed by atoms with van der Waals surface area (Å²) in [5.74, 6) is -0.245. The van der Waals surface area contributed by atoms with Crippen molar-refractivity contribution in [2.45, 2.75) is 25.8 Å². The Balaban J connectivity index is 2.50. The molecule has 86 valence electrons. The summed E-state index contributed by atoms with van der Waals surface area (Å²) in [7, 11) is 1.61. The van der Waals surface area contributed by atoms with Gasteiger partial charge in [-0.1, -0.05) is 6.92 Å². The third-order valence-electron chi connectivity index (χ3n) is 2.50. The van der Waals surface area contributed by atoms with Gasteiger partial charge in [-0.05, 0) is 12.8 Å². The molecule has 0 aromatic heterocycles. The molecular formula is C10H18N2O3. The fourth-order valence-corrected chi connectivity index (χ4v) is 1.63. The van der Waals surface area contributed by atoms with Crippen LogP contribution in [0.25, 0.3) is 0 Å². The average Bonchev–Trinajstić information content (AvgIpc) is 2.23. The van der Waals surface area contributed by atoms with Gasteiger partial charge in [0.2, 0.25) is 11.8 Å². The number of carbonyl (C=O) groups is 2. The third kappa shape index (κ3) is 3.00. The molecule has 0 aromatic rings. The normalized spacial score (nSPS) is 22.3. The summed E-state index contributed by atoms with van der Waals surface area (Å²) >= 11 is 0. The van der Waals surface area contributed by atoms with Crippen molar-refractivity contribution in [1.82, 2.24) is 10.2 Å². The van der Waals surface area contributed by atoms with Gasteiger partial charge in [-0.15, -0.1) is 0 Å². The van der Waals surface area contributed by atoms with Gasteiger partial charge in [0.1, 0.15) is 0 Å². The molecule has 15 heavy (non-hydrogen) atoms. The molecule has 1 unspecified atom stereocenters. The van der Waals surface area contributed by atoms with Crippen LogP contribution in [0, 0.1) is 0 Å². The largest absolute Gasteiger partial charge is 0.385 e. The number of hydrogen-bond acceptors (Lipinski definition) is 4. The number of amides is 2. The Hall–Kier alpha value is -0.940. The number of nitrogens with zero attached hydrogens (tertiary/aromatic N) is 1. The number of imide groups is 1. The number of carbonyl (C=O) groups excluding carboxylic acids is 2. The summed E-state index contributed by atoms with van der Waals surface area (Å²) in [6.07, 6.45) is 1.41. The second-order valence-electron chi connectivity index (χ2n) is 3.57. The molecule has 1 atom stereocenters. The second-order valence-corrected chi connectivity index (χ2v) is 3.57. The summed E-state index contributed by atoms with van der Waals surface area (Å²) in [4.78, 5) is 24.6. The number of piperazine rings is 1. The number of hydrogen-bond donors (Lipinski definition) is 1. The Labute approximate surface area is 89.8 Å². The van der Waals surface area contributed by atoms with Crippen molar-refractivity contribution in [2.75, 3.05) is 26.8 Å².